The smallest absolute Gasteiger partial charge is 0.187 e. The summed E-state index contributed by atoms with van der Waals surface area (Å²) in [5.41, 5.74) is 0. The maximum Gasteiger partial charge on any atom is 0.187 e. The molecule has 15 nitrogen and oxygen atoms in total. The van der Waals surface area contributed by atoms with Crippen molar-refractivity contribution >= 4 is 0 Å². The molecule has 3 aliphatic heterocycles. The van der Waals surface area contributed by atoms with Crippen LogP contribution in [0.15, 0.2) is 0 Å². The number of aliphatic hydroxyl groups excluding tert-OH is 10. The summed E-state index contributed by atoms with van der Waals surface area (Å²) in [5.74, 6) is 0. The highest BCUT2D eigenvalue weighted by Crippen LogP contribution is 2.29. The molecule has 3 aliphatic rings. The van der Waals surface area contributed by atoms with Gasteiger partial charge in [-0.1, -0.05) is 0 Å². The molecule has 0 aromatic carbocycles. The summed E-state index contributed by atoms with van der Waals surface area (Å²) in [7, 11) is 0. The van der Waals surface area contributed by atoms with E-state index in [2.05, 4.69) is 5.32 Å². The second-order valence-corrected chi connectivity index (χ2v) is 8.40. The maximum absolute atomic E-state index is 10.6. The number of aliphatic hydroxyl groups is 10. The minimum atomic E-state index is -1.78. The number of hydrogen-bond acceptors (Lipinski definition) is 15. The third-order valence-electron chi connectivity index (χ3n) is 6.15. The zero-order valence-electron chi connectivity index (χ0n) is 17.5. The van der Waals surface area contributed by atoms with Gasteiger partial charge < -0.3 is 75.3 Å². The average Bonchev–Trinajstić information content (AvgIpc) is 2.81. The predicted molar refractivity (Wildman–Crippen MR) is 102 cm³/mol. The molecule has 14 atom stereocenters. The molecule has 0 saturated carbocycles. The van der Waals surface area contributed by atoms with E-state index in [0.717, 1.165) is 0 Å². The summed E-state index contributed by atoms with van der Waals surface area (Å²) < 4.78 is 21.5. The van der Waals surface area contributed by atoms with Crippen LogP contribution in [0.25, 0.3) is 0 Å². The van der Waals surface area contributed by atoms with Gasteiger partial charge in [0.2, 0.25) is 0 Å². The Hall–Kier alpha value is -0.600. The van der Waals surface area contributed by atoms with E-state index in [1.165, 1.54) is 0 Å². The molecule has 3 fully saturated rings. The van der Waals surface area contributed by atoms with E-state index in [4.69, 9.17) is 18.9 Å². The molecule has 0 unspecified atom stereocenters. The third-order valence-corrected chi connectivity index (χ3v) is 6.15. The van der Waals surface area contributed by atoms with E-state index in [1.54, 1.807) is 0 Å². The average molecular weight is 487 g/mol. The zero-order valence-corrected chi connectivity index (χ0v) is 17.5. The normalized spacial score (nSPS) is 51.5. The van der Waals surface area contributed by atoms with Gasteiger partial charge in [0.1, 0.15) is 54.9 Å². The van der Waals surface area contributed by atoms with E-state index in [9.17, 15) is 51.1 Å². The highest BCUT2D eigenvalue weighted by molar-refractivity contribution is 4.95. The van der Waals surface area contributed by atoms with Gasteiger partial charge in [-0.2, -0.15) is 0 Å². The predicted octanol–water partition coefficient (Wildman–Crippen LogP) is -7.32. The van der Waals surface area contributed by atoms with Crippen LogP contribution in [0.1, 0.15) is 0 Å². The molecule has 15 heteroatoms. The zero-order chi connectivity index (χ0) is 24.4. The Morgan fingerprint density at radius 2 is 1.27 bits per heavy atom. The fourth-order valence-corrected chi connectivity index (χ4v) is 4.03. The molecule has 0 spiro atoms. The molecule has 3 heterocycles. The van der Waals surface area contributed by atoms with Crippen molar-refractivity contribution in [2.24, 2.45) is 0 Å². The fourth-order valence-electron chi connectivity index (χ4n) is 4.03. The second-order valence-electron chi connectivity index (χ2n) is 8.40. The van der Waals surface area contributed by atoms with Crippen LogP contribution in [-0.2, 0) is 18.9 Å². The maximum atomic E-state index is 10.6. The molecular formula is C18H33NO14. The van der Waals surface area contributed by atoms with Gasteiger partial charge in [0.15, 0.2) is 12.6 Å². The van der Waals surface area contributed by atoms with Gasteiger partial charge in [-0.15, -0.1) is 0 Å². The summed E-state index contributed by atoms with van der Waals surface area (Å²) in [6, 6.07) is -0.827. The lowest BCUT2D eigenvalue weighted by molar-refractivity contribution is -0.360. The first kappa shape index (κ1) is 27.0. The first-order chi connectivity index (χ1) is 15.6. The van der Waals surface area contributed by atoms with Crippen LogP contribution in [0.2, 0.25) is 0 Å². The Kier molecular flexibility index (Phi) is 9.35. The molecule has 33 heavy (non-hydrogen) atoms. The van der Waals surface area contributed by atoms with Crippen LogP contribution < -0.4 is 5.32 Å². The monoisotopic (exact) mass is 487 g/mol. The molecule has 0 aromatic rings. The largest absolute Gasteiger partial charge is 0.394 e. The number of β-amino-alcohol motifs (C(OH)–C–C–N with tert-alkyl or cyclic N) is 1. The number of nitrogens with one attached hydrogen (secondary N) is 1. The summed E-state index contributed by atoms with van der Waals surface area (Å²) in [4.78, 5) is 0. The van der Waals surface area contributed by atoms with Crippen LogP contribution in [0, 0.1) is 0 Å². The lowest BCUT2D eigenvalue weighted by Gasteiger charge is -2.46. The van der Waals surface area contributed by atoms with Crippen LogP contribution in [-0.4, -0.2) is 163 Å². The third kappa shape index (κ3) is 5.64. The van der Waals surface area contributed by atoms with Gasteiger partial charge in [-0.3, -0.25) is 0 Å². The van der Waals surface area contributed by atoms with E-state index < -0.39 is 99.0 Å². The van der Waals surface area contributed by atoms with Gasteiger partial charge in [-0.25, -0.2) is 0 Å². The Morgan fingerprint density at radius 3 is 1.91 bits per heavy atom. The van der Waals surface area contributed by atoms with Gasteiger partial charge >= 0.3 is 0 Å². The minimum absolute atomic E-state index is 0.0166. The van der Waals surface area contributed by atoms with Crippen molar-refractivity contribution in [3.63, 3.8) is 0 Å². The lowest BCUT2D eigenvalue weighted by atomic mass is 9.96. The highest BCUT2D eigenvalue weighted by Gasteiger charge is 2.51. The topological polar surface area (TPSA) is 251 Å². The molecule has 0 radical (unpaired) electrons. The van der Waals surface area contributed by atoms with Gasteiger partial charge in [0, 0.05) is 6.54 Å². The van der Waals surface area contributed by atoms with E-state index in [-0.39, 0.29) is 13.2 Å². The van der Waals surface area contributed by atoms with Crippen molar-refractivity contribution in [2.75, 3.05) is 26.4 Å². The van der Waals surface area contributed by atoms with Crippen molar-refractivity contribution in [3.8, 4) is 0 Å². The summed E-state index contributed by atoms with van der Waals surface area (Å²) in [5, 5.41) is 102. The van der Waals surface area contributed by atoms with Crippen LogP contribution >= 0.6 is 0 Å². The van der Waals surface area contributed by atoms with E-state index in [0.29, 0.717) is 0 Å². The van der Waals surface area contributed by atoms with Crippen LogP contribution in [0.3, 0.4) is 0 Å². The molecule has 0 amide bonds. The van der Waals surface area contributed by atoms with Crippen LogP contribution in [0.4, 0.5) is 0 Å². The number of hydrogen-bond donors (Lipinski definition) is 11. The fraction of sp³-hybridized carbons (Fsp3) is 1.00. The van der Waals surface area contributed by atoms with E-state index in [1.807, 2.05) is 0 Å². The number of ether oxygens (including phenoxy) is 4. The second kappa shape index (κ2) is 11.4. The molecule has 0 aromatic heterocycles. The molecular weight excluding hydrogens is 454 g/mol. The molecule has 0 bridgehead atoms. The summed E-state index contributed by atoms with van der Waals surface area (Å²) in [6.45, 7) is -1.74. The van der Waals surface area contributed by atoms with Gasteiger partial charge in [-0.05, 0) is 0 Å². The van der Waals surface area contributed by atoms with Crippen molar-refractivity contribution in [3.05, 3.63) is 0 Å². The number of piperidine rings is 1. The quantitative estimate of drug-likeness (QED) is 0.159. The van der Waals surface area contributed by atoms with Crippen molar-refractivity contribution in [1.82, 2.24) is 5.32 Å². The molecule has 3 rings (SSSR count). The summed E-state index contributed by atoms with van der Waals surface area (Å²) >= 11 is 0. The van der Waals surface area contributed by atoms with Crippen molar-refractivity contribution in [1.29, 1.82) is 0 Å². The molecule has 11 N–H and O–H groups in total. The molecule has 3 saturated heterocycles. The summed E-state index contributed by atoms with van der Waals surface area (Å²) in [6.07, 6.45) is -19.7. The van der Waals surface area contributed by atoms with Gasteiger partial charge in [0.05, 0.1) is 38.1 Å². The van der Waals surface area contributed by atoms with Crippen molar-refractivity contribution < 1.29 is 70.0 Å². The Morgan fingerprint density at radius 1 is 0.667 bits per heavy atom. The lowest BCUT2D eigenvalue weighted by Crippen LogP contribution is -2.65. The molecule has 194 valence electrons. The number of rotatable bonds is 7. The Balaban J connectivity index is 1.62. The van der Waals surface area contributed by atoms with Crippen molar-refractivity contribution in [2.45, 2.75) is 85.8 Å². The molecule has 0 aliphatic carbocycles. The highest BCUT2D eigenvalue weighted by atomic mass is 16.7. The standard InChI is InChI=1S/C18H33NO14/c20-2-7-11(25)12(26)14(28)18(31-7)33-16-8(3-21)32-17(15(29)13(16)27)30-4-5-9(23)10(24)6(22)1-19-5/h5-29H,1-4H2/t5-,6+,7-,8-,9-,10-,11-,12+,13-,14-,15-,16-,17-,18+/m1/s1. The van der Waals surface area contributed by atoms with E-state index >= 15 is 0 Å². The Bertz CT molecular complexity index is 613. The first-order valence-corrected chi connectivity index (χ1v) is 10.6. The Labute approximate surface area is 188 Å². The SMILES string of the molecule is OC[C@H]1O[C@@H](O[C@H]2[C@H](O)[C@@H](O)[C@H](OC[C@H]3NC[C@H](O)[C@@H](O)[C@@H]3O)O[C@@H]2CO)[C@H](O)[C@@H](O)[C@@H]1O. The first-order valence-electron chi connectivity index (χ1n) is 10.6. The minimum Gasteiger partial charge on any atom is -0.394 e. The van der Waals surface area contributed by atoms with Gasteiger partial charge in [0.25, 0.3) is 0 Å². The van der Waals surface area contributed by atoms with Crippen LogP contribution in [0.5, 0.6) is 0 Å².